The first-order valence-electron chi connectivity index (χ1n) is 8.56. The Morgan fingerprint density at radius 3 is 2.41 bits per heavy atom. The van der Waals surface area contributed by atoms with Crippen LogP contribution in [0.25, 0.3) is 16.9 Å². The third-order valence-electron chi connectivity index (χ3n) is 4.96. The number of fused-ring (bicyclic) bond motifs is 1. The van der Waals surface area contributed by atoms with Crippen molar-refractivity contribution in [3.8, 4) is 16.9 Å². The van der Waals surface area contributed by atoms with Crippen molar-refractivity contribution in [2.75, 3.05) is 7.11 Å². The monoisotopic (exact) mass is 396 g/mol. The Hall–Kier alpha value is -2.35. The molecule has 0 radical (unpaired) electrons. The lowest BCUT2D eigenvalue weighted by molar-refractivity contribution is 0.233. The van der Waals surface area contributed by atoms with Crippen molar-refractivity contribution in [1.29, 1.82) is 0 Å². The number of ether oxygens (including phenoxy) is 1. The molecule has 0 aliphatic heterocycles. The van der Waals surface area contributed by atoms with Crippen molar-refractivity contribution < 1.29 is 17.9 Å². The van der Waals surface area contributed by atoms with Gasteiger partial charge in [0.2, 0.25) is 0 Å². The fourth-order valence-corrected chi connectivity index (χ4v) is 3.94. The van der Waals surface area contributed by atoms with Gasteiger partial charge in [0, 0.05) is 23.6 Å². The molecule has 5 nitrogen and oxygen atoms in total. The minimum atomic E-state index is -0.872. The summed E-state index contributed by atoms with van der Waals surface area (Å²) in [6.45, 7) is 0. The van der Waals surface area contributed by atoms with Gasteiger partial charge in [-0.1, -0.05) is 11.6 Å². The van der Waals surface area contributed by atoms with Crippen molar-refractivity contribution in [3.63, 3.8) is 0 Å². The number of alkyl halides is 1. The highest BCUT2D eigenvalue weighted by atomic mass is 35.5. The molecule has 0 bridgehead atoms. The Balaban J connectivity index is 1.98. The summed E-state index contributed by atoms with van der Waals surface area (Å²) < 4.78 is 49.6. The van der Waals surface area contributed by atoms with E-state index in [9.17, 15) is 13.2 Å². The third kappa shape index (κ3) is 3.12. The maximum absolute atomic E-state index is 14.8. The van der Waals surface area contributed by atoms with E-state index in [1.165, 1.54) is 18.0 Å². The van der Waals surface area contributed by atoms with E-state index in [4.69, 9.17) is 16.3 Å². The molecule has 1 aromatic carbocycles. The van der Waals surface area contributed by atoms with Gasteiger partial charge in [-0.2, -0.15) is 15.1 Å². The van der Waals surface area contributed by atoms with Crippen LogP contribution in [0.15, 0.2) is 18.5 Å². The summed E-state index contributed by atoms with van der Waals surface area (Å²) in [5.41, 5.74) is 0.315. The predicted molar refractivity (Wildman–Crippen MR) is 93.8 cm³/mol. The van der Waals surface area contributed by atoms with Crippen LogP contribution in [0.2, 0.25) is 5.15 Å². The maximum atomic E-state index is 14.8. The molecule has 1 aliphatic rings. The molecule has 0 saturated heterocycles. The molecule has 1 saturated carbocycles. The average molecular weight is 397 g/mol. The highest BCUT2D eigenvalue weighted by molar-refractivity contribution is 6.32. The summed E-state index contributed by atoms with van der Waals surface area (Å²) in [6, 6.07) is 2.17. The van der Waals surface area contributed by atoms with Gasteiger partial charge in [0.25, 0.3) is 5.78 Å². The van der Waals surface area contributed by atoms with Crippen molar-refractivity contribution >= 4 is 17.4 Å². The van der Waals surface area contributed by atoms with Crippen LogP contribution in [-0.4, -0.2) is 32.9 Å². The first kappa shape index (κ1) is 18.0. The number of benzene rings is 1. The van der Waals surface area contributed by atoms with Gasteiger partial charge >= 0.3 is 0 Å². The number of rotatable bonds is 3. The summed E-state index contributed by atoms with van der Waals surface area (Å²) >= 11 is 6.33. The van der Waals surface area contributed by atoms with Crippen LogP contribution in [0.3, 0.4) is 0 Å². The van der Waals surface area contributed by atoms with Crippen LogP contribution in [0, 0.1) is 11.6 Å². The van der Waals surface area contributed by atoms with E-state index in [1.807, 2.05) is 0 Å². The fraction of sp³-hybridized carbons (Fsp3) is 0.389. The van der Waals surface area contributed by atoms with Crippen LogP contribution in [-0.2, 0) is 0 Å². The van der Waals surface area contributed by atoms with Crippen molar-refractivity contribution in [2.24, 2.45) is 0 Å². The fourth-order valence-electron chi connectivity index (χ4n) is 3.68. The van der Waals surface area contributed by atoms with Gasteiger partial charge in [0.15, 0.2) is 0 Å². The van der Waals surface area contributed by atoms with E-state index in [2.05, 4.69) is 15.1 Å². The summed E-state index contributed by atoms with van der Waals surface area (Å²) in [7, 11) is 1.32. The molecule has 2 heterocycles. The Labute approximate surface area is 158 Å². The average Bonchev–Trinajstić information content (AvgIpc) is 3.10. The Morgan fingerprint density at radius 1 is 1.11 bits per heavy atom. The largest absolute Gasteiger partial charge is 0.497 e. The first-order valence-corrected chi connectivity index (χ1v) is 8.94. The summed E-state index contributed by atoms with van der Waals surface area (Å²) in [6.07, 6.45) is 2.20. The summed E-state index contributed by atoms with van der Waals surface area (Å²) in [5, 5.41) is 4.08. The van der Waals surface area contributed by atoms with Crippen molar-refractivity contribution in [2.45, 2.75) is 37.8 Å². The molecule has 9 heteroatoms. The second kappa shape index (κ2) is 6.99. The van der Waals surface area contributed by atoms with Gasteiger partial charge < -0.3 is 4.74 Å². The number of hydrogen-bond acceptors (Lipinski definition) is 4. The number of aromatic nitrogens is 4. The molecule has 0 amide bonds. The molecule has 0 unspecified atom stereocenters. The van der Waals surface area contributed by atoms with Gasteiger partial charge in [0.05, 0.1) is 18.4 Å². The second-order valence-electron chi connectivity index (χ2n) is 6.55. The molecular weight excluding hydrogens is 381 g/mol. The lowest BCUT2D eigenvalue weighted by atomic mass is 9.83. The predicted octanol–water partition coefficient (Wildman–Crippen LogP) is 4.73. The molecule has 3 aromatic rings. The van der Waals surface area contributed by atoms with Crippen LogP contribution >= 0.6 is 11.6 Å². The van der Waals surface area contributed by atoms with Crippen LogP contribution in [0.4, 0.5) is 13.2 Å². The molecule has 1 aliphatic carbocycles. The summed E-state index contributed by atoms with van der Waals surface area (Å²) in [4.78, 5) is 8.16. The Morgan fingerprint density at radius 2 is 1.78 bits per heavy atom. The zero-order valence-electron chi connectivity index (χ0n) is 14.4. The minimum absolute atomic E-state index is 0.0548. The van der Waals surface area contributed by atoms with Gasteiger partial charge in [-0.15, -0.1) is 0 Å². The smallest absolute Gasteiger partial charge is 0.253 e. The normalized spacial score (nSPS) is 20.2. The Kier molecular flexibility index (Phi) is 4.67. The standard InChI is InChI=1S/C18H16ClF3N4O/c1-27-11-6-12(21)14(13(22)7-11)15-16(9-2-4-10(20)5-3-9)26-18(23-8-24-26)25-17(15)19/h6-10H,2-5H2,1H3. The van der Waals surface area contributed by atoms with Crippen LogP contribution in [0.1, 0.15) is 37.3 Å². The van der Waals surface area contributed by atoms with E-state index >= 15 is 0 Å². The Bertz CT molecular complexity index is 979. The van der Waals surface area contributed by atoms with Crippen molar-refractivity contribution in [3.05, 3.63) is 40.9 Å². The van der Waals surface area contributed by atoms with Gasteiger partial charge in [-0.05, 0) is 25.7 Å². The molecule has 1 fully saturated rings. The maximum Gasteiger partial charge on any atom is 0.253 e. The number of halogens is 4. The van der Waals surface area contributed by atoms with E-state index in [1.54, 1.807) is 0 Å². The first-order chi connectivity index (χ1) is 13.0. The molecular formula is C18H16ClF3N4O. The van der Waals surface area contributed by atoms with Crippen LogP contribution in [0.5, 0.6) is 5.75 Å². The topological polar surface area (TPSA) is 52.3 Å². The molecule has 2 aromatic heterocycles. The van der Waals surface area contributed by atoms with Gasteiger partial charge in [-0.25, -0.2) is 17.7 Å². The number of nitrogens with zero attached hydrogens (tertiary/aromatic N) is 4. The van der Waals surface area contributed by atoms with Crippen LogP contribution < -0.4 is 4.74 Å². The van der Waals surface area contributed by atoms with E-state index < -0.39 is 17.8 Å². The molecule has 4 rings (SSSR count). The highest BCUT2D eigenvalue weighted by Gasteiger charge is 2.31. The van der Waals surface area contributed by atoms with Gasteiger partial charge in [-0.3, -0.25) is 0 Å². The number of hydrogen-bond donors (Lipinski definition) is 0. The molecule has 0 N–H and O–H groups in total. The second-order valence-corrected chi connectivity index (χ2v) is 6.91. The number of methoxy groups -OCH3 is 1. The van der Waals surface area contributed by atoms with Crippen molar-refractivity contribution in [1.82, 2.24) is 19.6 Å². The molecule has 27 heavy (non-hydrogen) atoms. The minimum Gasteiger partial charge on any atom is -0.497 e. The zero-order valence-corrected chi connectivity index (χ0v) is 15.2. The lowest BCUT2D eigenvalue weighted by Gasteiger charge is -2.27. The zero-order chi connectivity index (χ0) is 19.1. The van der Waals surface area contributed by atoms with E-state index in [0.29, 0.717) is 31.4 Å². The van der Waals surface area contributed by atoms with E-state index in [0.717, 1.165) is 12.1 Å². The quantitative estimate of drug-likeness (QED) is 0.601. The SMILES string of the molecule is COc1cc(F)c(-c2c(Cl)nc3ncnn3c2C2CCC(F)CC2)c(F)c1. The lowest BCUT2D eigenvalue weighted by Crippen LogP contribution is -2.18. The third-order valence-corrected chi connectivity index (χ3v) is 5.24. The molecule has 0 spiro atoms. The highest BCUT2D eigenvalue weighted by Crippen LogP contribution is 2.43. The summed E-state index contributed by atoms with van der Waals surface area (Å²) in [5.74, 6) is -1.53. The van der Waals surface area contributed by atoms with Gasteiger partial charge in [0.1, 0.15) is 35.0 Å². The molecule has 142 valence electrons. The van der Waals surface area contributed by atoms with E-state index in [-0.39, 0.29) is 33.7 Å². The molecule has 0 atom stereocenters.